The van der Waals surface area contributed by atoms with Crippen molar-refractivity contribution in [2.24, 2.45) is 14.1 Å². The SMILES string of the molecule is Cc1ccc(NS(=O)(=O)c2cn(C)c(=O)n(C)c2=O)cc1F. The molecule has 0 amide bonds. The third-order valence-corrected chi connectivity index (χ3v) is 4.49. The van der Waals surface area contributed by atoms with Crippen LogP contribution in [0, 0.1) is 12.7 Å². The van der Waals surface area contributed by atoms with Crippen molar-refractivity contribution in [3.8, 4) is 0 Å². The Bertz CT molecular complexity index is 960. The standard InChI is InChI=1S/C13H14FN3O4S/c1-8-4-5-9(6-10(8)14)15-22(20,21)11-7-16(2)13(19)17(3)12(11)18/h4-7,15H,1-3H3. The van der Waals surface area contributed by atoms with E-state index in [-0.39, 0.29) is 5.69 Å². The fraction of sp³-hybridized carbons (Fsp3) is 0.231. The summed E-state index contributed by atoms with van der Waals surface area (Å²) >= 11 is 0. The number of sulfonamides is 1. The molecule has 0 saturated heterocycles. The summed E-state index contributed by atoms with van der Waals surface area (Å²) in [5, 5.41) is 0. The molecule has 9 heteroatoms. The van der Waals surface area contributed by atoms with Crippen molar-refractivity contribution >= 4 is 15.7 Å². The van der Waals surface area contributed by atoms with Gasteiger partial charge in [-0.3, -0.25) is 14.1 Å². The lowest BCUT2D eigenvalue weighted by atomic mass is 10.2. The highest BCUT2D eigenvalue weighted by atomic mass is 32.2. The minimum Gasteiger partial charge on any atom is -0.302 e. The normalized spacial score (nSPS) is 11.5. The molecule has 1 aromatic heterocycles. The maximum absolute atomic E-state index is 13.5. The second-order valence-corrected chi connectivity index (χ2v) is 6.47. The summed E-state index contributed by atoms with van der Waals surface area (Å²) in [7, 11) is -1.74. The van der Waals surface area contributed by atoms with E-state index in [1.807, 2.05) is 0 Å². The van der Waals surface area contributed by atoms with Crippen molar-refractivity contribution in [3.63, 3.8) is 0 Å². The third-order valence-electron chi connectivity index (χ3n) is 3.13. The highest BCUT2D eigenvalue weighted by Crippen LogP contribution is 2.16. The number of hydrogen-bond acceptors (Lipinski definition) is 4. The van der Waals surface area contributed by atoms with Crippen molar-refractivity contribution in [3.05, 3.63) is 56.6 Å². The molecule has 1 aromatic carbocycles. The molecule has 2 rings (SSSR count). The first kappa shape index (κ1) is 16.0. The number of nitrogens with zero attached hydrogens (tertiary/aromatic N) is 2. The van der Waals surface area contributed by atoms with Crippen LogP contribution in [0.5, 0.6) is 0 Å². The summed E-state index contributed by atoms with van der Waals surface area (Å²) < 4.78 is 41.8. The highest BCUT2D eigenvalue weighted by Gasteiger charge is 2.21. The molecule has 0 unspecified atom stereocenters. The van der Waals surface area contributed by atoms with Gasteiger partial charge in [-0.2, -0.15) is 0 Å². The number of anilines is 1. The van der Waals surface area contributed by atoms with Gasteiger partial charge in [-0.1, -0.05) is 6.07 Å². The van der Waals surface area contributed by atoms with E-state index in [1.165, 1.54) is 33.2 Å². The molecule has 0 aliphatic rings. The second-order valence-electron chi connectivity index (χ2n) is 4.82. The van der Waals surface area contributed by atoms with Crippen molar-refractivity contribution in [2.75, 3.05) is 4.72 Å². The summed E-state index contributed by atoms with van der Waals surface area (Å²) in [5.74, 6) is -0.575. The van der Waals surface area contributed by atoms with Gasteiger partial charge in [0, 0.05) is 20.3 Å². The minimum absolute atomic E-state index is 0.0148. The second kappa shape index (κ2) is 5.41. The predicted molar refractivity (Wildman–Crippen MR) is 78.9 cm³/mol. The number of benzene rings is 1. The van der Waals surface area contributed by atoms with Crippen LogP contribution in [0.1, 0.15) is 5.56 Å². The molecule has 0 spiro atoms. The highest BCUT2D eigenvalue weighted by molar-refractivity contribution is 7.92. The summed E-state index contributed by atoms with van der Waals surface area (Å²) in [4.78, 5) is 22.9. The molecule has 0 aliphatic carbocycles. The summed E-state index contributed by atoms with van der Waals surface area (Å²) in [5.41, 5.74) is -1.26. The lowest BCUT2D eigenvalue weighted by Gasteiger charge is -2.10. The summed E-state index contributed by atoms with van der Waals surface area (Å²) in [6.07, 6.45) is 0.928. The van der Waals surface area contributed by atoms with Gasteiger partial charge in [0.15, 0.2) is 4.90 Å². The lowest BCUT2D eigenvalue weighted by Crippen LogP contribution is -2.40. The maximum atomic E-state index is 13.5. The van der Waals surface area contributed by atoms with Gasteiger partial charge in [-0.15, -0.1) is 0 Å². The molecule has 0 fully saturated rings. The van der Waals surface area contributed by atoms with Gasteiger partial charge in [-0.25, -0.2) is 17.6 Å². The van der Waals surface area contributed by atoms with Crippen molar-refractivity contribution in [2.45, 2.75) is 11.8 Å². The predicted octanol–water partition coefficient (Wildman–Crippen LogP) is 0.332. The molecule has 22 heavy (non-hydrogen) atoms. The molecular weight excluding hydrogens is 313 g/mol. The fourth-order valence-corrected chi connectivity index (χ4v) is 3.04. The molecule has 118 valence electrons. The number of nitrogens with one attached hydrogen (secondary N) is 1. The van der Waals surface area contributed by atoms with E-state index in [0.717, 1.165) is 16.8 Å². The Morgan fingerprint density at radius 3 is 2.41 bits per heavy atom. The molecule has 1 N–H and O–H groups in total. The Labute approximate surface area is 125 Å². The average Bonchev–Trinajstić information content (AvgIpc) is 2.44. The summed E-state index contributed by atoms with van der Waals surface area (Å²) in [6.45, 7) is 1.54. The lowest BCUT2D eigenvalue weighted by molar-refractivity contribution is 0.589. The zero-order chi connectivity index (χ0) is 16.7. The Morgan fingerprint density at radius 2 is 1.82 bits per heavy atom. The van der Waals surface area contributed by atoms with Gasteiger partial charge >= 0.3 is 5.69 Å². The van der Waals surface area contributed by atoms with Crippen LogP contribution in [0.4, 0.5) is 10.1 Å². The van der Waals surface area contributed by atoms with Crippen molar-refractivity contribution < 1.29 is 12.8 Å². The van der Waals surface area contributed by atoms with Crippen LogP contribution in [0.2, 0.25) is 0 Å². The van der Waals surface area contributed by atoms with Gasteiger partial charge < -0.3 is 4.57 Å². The van der Waals surface area contributed by atoms with Crippen molar-refractivity contribution in [1.29, 1.82) is 0 Å². The first-order valence-corrected chi connectivity index (χ1v) is 7.67. The molecule has 0 atom stereocenters. The molecule has 0 radical (unpaired) electrons. The van der Waals surface area contributed by atoms with Gasteiger partial charge in [0.2, 0.25) is 0 Å². The van der Waals surface area contributed by atoms with Gasteiger partial charge in [0.05, 0.1) is 5.69 Å². The zero-order valence-corrected chi connectivity index (χ0v) is 12.9. The van der Waals surface area contributed by atoms with E-state index >= 15 is 0 Å². The minimum atomic E-state index is -4.25. The molecular formula is C13H14FN3O4S. The van der Waals surface area contributed by atoms with Crippen LogP contribution in [0.15, 0.2) is 38.9 Å². The molecule has 0 bridgehead atoms. The molecule has 2 aromatic rings. The molecule has 1 heterocycles. The van der Waals surface area contributed by atoms with Crippen LogP contribution in [-0.2, 0) is 24.1 Å². The van der Waals surface area contributed by atoms with Gasteiger partial charge in [0.1, 0.15) is 5.82 Å². The zero-order valence-electron chi connectivity index (χ0n) is 12.1. The van der Waals surface area contributed by atoms with E-state index in [2.05, 4.69) is 4.72 Å². The first-order chi connectivity index (χ1) is 10.1. The van der Waals surface area contributed by atoms with Crippen molar-refractivity contribution in [1.82, 2.24) is 9.13 Å². The molecule has 7 nitrogen and oxygen atoms in total. The van der Waals surface area contributed by atoms with E-state index in [1.54, 1.807) is 0 Å². The Morgan fingerprint density at radius 1 is 1.18 bits per heavy atom. The Kier molecular flexibility index (Phi) is 3.92. The smallest absolute Gasteiger partial charge is 0.302 e. The van der Waals surface area contributed by atoms with E-state index in [9.17, 15) is 22.4 Å². The van der Waals surface area contributed by atoms with Crippen LogP contribution in [0.3, 0.4) is 0 Å². The number of rotatable bonds is 3. The van der Waals surface area contributed by atoms with Crippen LogP contribution in [0.25, 0.3) is 0 Å². The Balaban J connectivity index is 2.54. The van der Waals surface area contributed by atoms with E-state index < -0.39 is 32.0 Å². The third kappa shape index (κ3) is 2.80. The van der Waals surface area contributed by atoms with Crippen LogP contribution >= 0.6 is 0 Å². The summed E-state index contributed by atoms with van der Waals surface area (Å²) in [6, 6.07) is 3.80. The number of aromatic nitrogens is 2. The quantitative estimate of drug-likeness (QED) is 0.880. The van der Waals surface area contributed by atoms with E-state index in [4.69, 9.17) is 0 Å². The van der Waals surface area contributed by atoms with E-state index in [0.29, 0.717) is 10.1 Å². The topological polar surface area (TPSA) is 90.2 Å². The number of hydrogen-bond donors (Lipinski definition) is 1. The molecule has 0 aliphatic heterocycles. The largest absolute Gasteiger partial charge is 0.330 e. The Hall–Kier alpha value is -2.42. The fourth-order valence-electron chi connectivity index (χ4n) is 1.83. The van der Waals surface area contributed by atoms with Gasteiger partial charge in [0.25, 0.3) is 15.6 Å². The monoisotopic (exact) mass is 327 g/mol. The van der Waals surface area contributed by atoms with Gasteiger partial charge in [-0.05, 0) is 24.6 Å². The van der Waals surface area contributed by atoms with Crippen LogP contribution in [-0.4, -0.2) is 17.6 Å². The number of aryl methyl sites for hydroxylation is 2. The maximum Gasteiger partial charge on any atom is 0.330 e. The average molecular weight is 327 g/mol. The first-order valence-electron chi connectivity index (χ1n) is 6.19. The molecule has 0 saturated carbocycles. The van der Waals surface area contributed by atoms with Crippen LogP contribution < -0.4 is 16.0 Å². The number of halogens is 1.